The monoisotopic (exact) mass is 380 g/mol. The van der Waals surface area contributed by atoms with Crippen molar-refractivity contribution in [3.05, 3.63) is 48.0 Å². The molecule has 0 fully saturated rings. The van der Waals surface area contributed by atoms with Crippen LogP contribution in [-0.2, 0) is 16.0 Å². The molecule has 0 aromatic heterocycles. The number of hydrogen-bond donors (Lipinski definition) is 2. The molecule has 0 spiro atoms. The van der Waals surface area contributed by atoms with E-state index in [4.69, 9.17) is 9.47 Å². The molecule has 0 bridgehead atoms. The molecule has 27 heavy (non-hydrogen) atoms. The summed E-state index contributed by atoms with van der Waals surface area (Å²) in [6.07, 6.45) is -4.25. The maximum Gasteiger partial charge on any atom is 0.471 e. The van der Waals surface area contributed by atoms with Crippen molar-refractivity contribution in [2.45, 2.75) is 19.0 Å². The Labute approximate surface area is 152 Å². The second-order valence-corrected chi connectivity index (χ2v) is 5.77. The molecular formula is C18H15F3N2O4. The van der Waals surface area contributed by atoms with Crippen LogP contribution in [0.4, 0.5) is 24.5 Å². The zero-order valence-electron chi connectivity index (χ0n) is 13.9. The van der Waals surface area contributed by atoms with E-state index in [0.717, 1.165) is 5.56 Å². The standard InChI is InChI=1S/C18H15F3N2O4/c19-18(20,21)17(25)23-13-5-3-12(4-6-13)22-16(24)8-2-11-1-7-14-15(9-11)27-10-26-14/h1,3-7,9H,2,8,10H2,(H,22,24)(H,23,25). The molecule has 3 rings (SSSR count). The van der Waals surface area contributed by atoms with E-state index in [1.165, 1.54) is 24.3 Å². The summed E-state index contributed by atoms with van der Waals surface area (Å²) in [5, 5.41) is 4.38. The summed E-state index contributed by atoms with van der Waals surface area (Å²) in [6, 6.07) is 10.8. The van der Waals surface area contributed by atoms with Crippen molar-refractivity contribution in [2.24, 2.45) is 0 Å². The van der Waals surface area contributed by atoms with Crippen molar-refractivity contribution in [3.63, 3.8) is 0 Å². The smallest absolute Gasteiger partial charge is 0.454 e. The Kier molecular flexibility index (Phi) is 5.20. The largest absolute Gasteiger partial charge is 0.471 e. The molecule has 2 aromatic carbocycles. The van der Waals surface area contributed by atoms with E-state index in [1.54, 1.807) is 11.4 Å². The molecule has 1 aliphatic rings. The Bertz CT molecular complexity index is 851. The number of hydrogen-bond acceptors (Lipinski definition) is 4. The van der Waals surface area contributed by atoms with Gasteiger partial charge in [-0.25, -0.2) is 0 Å². The Morgan fingerprint density at radius 2 is 1.56 bits per heavy atom. The third kappa shape index (κ3) is 4.90. The minimum atomic E-state index is -4.96. The number of aryl methyl sites for hydroxylation is 1. The minimum absolute atomic E-state index is 0.0179. The molecule has 2 aromatic rings. The number of halogens is 3. The molecule has 9 heteroatoms. The molecule has 0 aliphatic carbocycles. The normalized spacial score (nSPS) is 12.6. The molecular weight excluding hydrogens is 365 g/mol. The molecule has 2 N–H and O–H groups in total. The summed E-state index contributed by atoms with van der Waals surface area (Å²) < 4.78 is 47.1. The predicted octanol–water partition coefficient (Wildman–Crippen LogP) is 3.49. The van der Waals surface area contributed by atoms with Gasteiger partial charge in [0.2, 0.25) is 12.7 Å². The fourth-order valence-electron chi connectivity index (χ4n) is 2.42. The highest BCUT2D eigenvalue weighted by molar-refractivity contribution is 5.95. The van der Waals surface area contributed by atoms with Crippen LogP contribution in [0, 0.1) is 0 Å². The summed E-state index contributed by atoms with van der Waals surface area (Å²) in [6.45, 7) is 0.179. The van der Waals surface area contributed by atoms with E-state index in [2.05, 4.69) is 5.32 Å². The van der Waals surface area contributed by atoms with Gasteiger partial charge in [-0.2, -0.15) is 13.2 Å². The van der Waals surface area contributed by atoms with E-state index in [0.29, 0.717) is 23.6 Å². The lowest BCUT2D eigenvalue weighted by Gasteiger charge is -2.09. The number of amides is 2. The van der Waals surface area contributed by atoms with Gasteiger partial charge in [0, 0.05) is 17.8 Å². The van der Waals surface area contributed by atoms with E-state index in [9.17, 15) is 22.8 Å². The van der Waals surface area contributed by atoms with Gasteiger partial charge in [0.25, 0.3) is 0 Å². The Balaban J connectivity index is 1.50. The van der Waals surface area contributed by atoms with E-state index >= 15 is 0 Å². The van der Waals surface area contributed by atoms with Crippen LogP contribution in [0.1, 0.15) is 12.0 Å². The topological polar surface area (TPSA) is 76.7 Å². The van der Waals surface area contributed by atoms with Gasteiger partial charge in [-0.05, 0) is 48.4 Å². The third-order valence-electron chi connectivity index (χ3n) is 3.76. The molecule has 1 heterocycles. The summed E-state index contributed by atoms with van der Waals surface area (Å²) in [4.78, 5) is 22.9. The first-order valence-electron chi connectivity index (χ1n) is 7.98. The van der Waals surface area contributed by atoms with Gasteiger partial charge in [0.15, 0.2) is 11.5 Å². The molecule has 0 unspecified atom stereocenters. The summed E-state index contributed by atoms with van der Waals surface area (Å²) >= 11 is 0. The van der Waals surface area contributed by atoms with Gasteiger partial charge < -0.3 is 20.1 Å². The fourth-order valence-corrected chi connectivity index (χ4v) is 2.42. The summed E-state index contributed by atoms with van der Waals surface area (Å²) in [5.41, 5.74) is 1.31. The number of anilines is 2. The Morgan fingerprint density at radius 3 is 2.22 bits per heavy atom. The molecule has 0 saturated heterocycles. The first-order valence-corrected chi connectivity index (χ1v) is 7.98. The predicted molar refractivity (Wildman–Crippen MR) is 90.6 cm³/mol. The SMILES string of the molecule is O=C(CCc1ccc2c(c1)OCO2)Nc1ccc(NC(=O)C(F)(F)F)cc1. The molecule has 0 saturated carbocycles. The zero-order valence-corrected chi connectivity index (χ0v) is 13.9. The quantitative estimate of drug-likeness (QED) is 0.833. The number of fused-ring (bicyclic) bond motifs is 1. The van der Waals surface area contributed by atoms with Gasteiger partial charge in [-0.15, -0.1) is 0 Å². The number of benzene rings is 2. The van der Waals surface area contributed by atoms with Gasteiger partial charge >= 0.3 is 12.1 Å². The van der Waals surface area contributed by atoms with Crippen LogP contribution >= 0.6 is 0 Å². The fraction of sp³-hybridized carbons (Fsp3) is 0.222. The number of ether oxygens (including phenoxy) is 2. The van der Waals surface area contributed by atoms with Crippen LogP contribution in [0.5, 0.6) is 11.5 Å². The highest BCUT2D eigenvalue weighted by Crippen LogP contribution is 2.32. The van der Waals surface area contributed by atoms with Crippen LogP contribution in [0.2, 0.25) is 0 Å². The number of carbonyl (C=O) groups is 2. The lowest BCUT2D eigenvalue weighted by Crippen LogP contribution is -2.29. The average molecular weight is 380 g/mol. The summed E-state index contributed by atoms with van der Waals surface area (Å²) in [7, 11) is 0. The van der Waals surface area contributed by atoms with E-state index in [1.807, 2.05) is 12.1 Å². The maximum absolute atomic E-state index is 12.2. The van der Waals surface area contributed by atoms with Crippen LogP contribution in [0.3, 0.4) is 0 Å². The van der Waals surface area contributed by atoms with Crippen LogP contribution in [-0.4, -0.2) is 24.8 Å². The van der Waals surface area contributed by atoms with Gasteiger partial charge in [-0.1, -0.05) is 6.07 Å². The van der Waals surface area contributed by atoms with Crippen molar-refractivity contribution in [1.29, 1.82) is 0 Å². The zero-order chi connectivity index (χ0) is 19.4. The molecule has 0 radical (unpaired) electrons. The molecule has 142 valence electrons. The second kappa shape index (κ2) is 7.56. The number of carbonyl (C=O) groups excluding carboxylic acids is 2. The van der Waals surface area contributed by atoms with E-state index < -0.39 is 12.1 Å². The van der Waals surface area contributed by atoms with Gasteiger partial charge in [-0.3, -0.25) is 9.59 Å². The minimum Gasteiger partial charge on any atom is -0.454 e. The van der Waals surface area contributed by atoms with Crippen molar-refractivity contribution < 1.29 is 32.2 Å². The number of rotatable bonds is 5. The number of alkyl halides is 3. The highest BCUT2D eigenvalue weighted by atomic mass is 19.4. The van der Waals surface area contributed by atoms with Crippen molar-refractivity contribution in [1.82, 2.24) is 0 Å². The van der Waals surface area contributed by atoms with Crippen LogP contribution in [0.15, 0.2) is 42.5 Å². The molecule has 1 aliphatic heterocycles. The highest BCUT2D eigenvalue weighted by Gasteiger charge is 2.38. The molecule has 6 nitrogen and oxygen atoms in total. The number of nitrogens with one attached hydrogen (secondary N) is 2. The lowest BCUT2D eigenvalue weighted by atomic mass is 10.1. The van der Waals surface area contributed by atoms with Crippen LogP contribution in [0.25, 0.3) is 0 Å². The third-order valence-corrected chi connectivity index (χ3v) is 3.76. The average Bonchev–Trinajstić information content (AvgIpc) is 3.08. The van der Waals surface area contributed by atoms with E-state index in [-0.39, 0.29) is 24.8 Å². The van der Waals surface area contributed by atoms with Crippen molar-refractivity contribution >= 4 is 23.2 Å². The first kappa shape index (κ1) is 18.6. The molecule has 0 atom stereocenters. The van der Waals surface area contributed by atoms with Gasteiger partial charge in [0.1, 0.15) is 0 Å². The van der Waals surface area contributed by atoms with Crippen molar-refractivity contribution in [3.8, 4) is 11.5 Å². The summed E-state index contributed by atoms with van der Waals surface area (Å²) in [5.74, 6) is -0.993. The second-order valence-electron chi connectivity index (χ2n) is 5.77. The maximum atomic E-state index is 12.2. The molecule has 2 amide bonds. The lowest BCUT2D eigenvalue weighted by molar-refractivity contribution is -0.167. The Morgan fingerprint density at radius 1 is 0.926 bits per heavy atom. The van der Waals surface area contributed by atoms with Crippen LogP contribution < -0.4 is 20.1 Å². The van der Waals surface area contributed by atoms with Crippen molar-refractivity contribution in [2.75, 3.05) is 17.4 Å². The first-order chi connectivity index (χ1) is 12.8. The van der Waals surface area contributed by atoms with Gasteiger partial charge in [0.05, 0.1) is 0 Å². The Hall–Kier alpha value is -3.23.